The number of carbonyl (C=O) groups excluding carboxylic acids is 2. The maximum Gasteiger partial charge on any atom is 0.264 e. The van der Waals surface area contributed by atoms with E-state index in [-0.39, 0.29) is 35.2 Å². The number of nitrogens with one attached hydrogen (secondary N) is 1. The van der Waals surface area contributed by atoms with Crippen LogP contribution in [0.15, 0.2) is 77.7 Å². The lowest BCUT2D eigenvalue weighted by atomic mass is 10.1. The fraction of sp³-hybridized carbons (Fsp3) is 0.355. The SMILES string of the molecule is CCC(C(=O)NC(C)(C)C)N(Cc1ccccc1Cl)C(=O)CN(c1ccccc1OC)S(=O)(=O)c1ccc(OC)cc1. The number of halogens is 1. The molecule has 0 saturated carbocycles. The summed E-state index contributed by atoms with van der Waals surface area (Å²) in [6.07, 6.45) is 0.290. The molecular weight excluding hydrogens is 578 g/mol. The molecule has 0 fully saturated rings. The van der Waals surface area contributed by atoms with E-state index in [1.807, 2.05) is 20.8 Å². The van der Waals surface area contributed by atoms with Crippen LogP contribution in [0, 0.1) is 0 Å². The third-order valence-electron chi connectivity index (χ3n) is 6.46. The maximum absolute atomic E-state index is 14.2. The third kappa shape index (κ3) is 7.95. The van der Waals surface area contributed by atoms with Gasteiger partial charge in [-0.25, -0.2) is 8.42 Å². The van der Waals surface area contributed by atoms with Gasteiger partial charge in [0.1, 0.15) is 24.1 Å². The van der Waals surface area contributed by atoms with Crippen molar-refractivity contribution in [2.45, 2.75) is 57.1 Å². The van der Waals surface area contributed by atoms with E-state index in [2.05, 4.69) is 5.32 Å². The van der Waals surface area contributed by atoms with Gasteiger partial charge in [0.25, 0.3) is 10.0 Å². The molecule has 1 unspecified atom stereocenters. The number of amides is 2. The lowest BCUT2D eigenvalue weighted by Crippen LogP contribution is -2.55. The van der Waals surface area contributed by atoms with Crippen LogP contribution in [-0.4, -0.2) is 57.5 Å². The first-order valence-electron chi connectivity index (χ1n) is 13.5. The second-order valence-electron chi connectivity index (χ2n) is 10.6. The lowest BCUT2D eigenvalue weighted by Gasteiger charge is -2.35. The van der Waals surface area contributed by atoms with Gasteiger partial charge in [-0.1, -0.05) is 48.9 Å². The van der Waals surface area contributed by atoms with Gasteiger partial charge in [-0.3, -0.25) is 13.9 Å². The van der Waals surface area contributed by atoms with Crippen molar-refractivity contribution < 1.29 is 27.5 Å². The van der Waals surface area contributed by atoms with Gasteiger partial charge in [-0.15, -0.1) is 0 Å². The number of para-hydroxylation sites is 2. The van der Waals surface area contributed by atoms with E-state index in [1.54, 1.807) is 55.5 Å². The van der Waals surface area contributed by atoms with Crippen LogP contribution in [0.2, 0.25) is 5.02 Å². The van der Waals surface area contributed by atoms with Gasteiger partial charge in [0.15, 0.2) is 0 Å². The van der Waals surface area contributed by atoms with Gasteiger partial charge >= 0.3 is 0 Å². The molecule has 0 aromatic heterocycles. The van der Waals surface area contributed by atoms with Crippen molar-refractivity contribution in [3.63, 3.8) is 0 Å². The van der Waals surface area contributed by atoms with E-state index in [0.717, 1.165) is 4.31 Å². The number of nitrogens with zero attached hydrogens (tertiary/aromatic N) is 2. The Morgan fingerprint density at radius 3 is 2.12 bits per heavy atom. The molecule has 1 atom stereocenters. The van der Waals surface area contributed by atoms with Crippen LogP contribution in [0.1, 0.15) is 39.7 Å². The Hall–Kier alpha value is -3.76. The third-order valence-corrected chi connectivity index (χ3v) is 8.61. The number of sulfonamides is 1. The fourth-order valence-electron chi connectivity index (χ4n) is 4.41. The van der Waals surface area contributed by atoms with E-state index in [1.165, 1.54) is 43.4 Å². The summed E-state index contributed by atoms with van der Waals surface area (Å²) in [5, 5.41) is 3.37. The van der Waals surface area contributed by atoms with E-state index >= 15 is 0 Å². The molecule has 0 spiro atoms. The standard InChI is InChI=1S/C31H38ClN3O6S/c1-7-26(30(37)33-31(2,3)4)34(20-22-12-8-9-13-25(22)32)29(36)21-35(27-14-10-11-15-28(27)41-6)42(38,39)24-18-16-23(40-5)17-19-24/h8-19,26H,7,20-21H2,1-6H3,(H,33,37). The minimum absolute atomic E-state index is 0.00305. The van der Waals surface area contributed by atoms with Gasteiger partial charge in [0.2, 0.25) is 11.8 Å². The Labute approximate surface area is 253 Å². The molecule has 0 saturated heterocycles. The van der Waals surface area contributed by atoms with Crippen molar-refractivity contribution in [3.8, 4) is 11.5 Å². The first-order chi connectivity index (χ1) is 19.8. The van der Waals surface area contributed by atoms with Crippen LogP contribution < -0.4 is 19.1 Å². The minimum atomic E-state index is -4.28. The molecule has 11 heteroatoms. The molecular formula is C31H38ClN3O6S. The predicted molar refractivity (Wildman–Crippen MR) is 164 cm³/mol. The fourth-order valence-corrected chi connectivity index (χ4v) is 6.03. The van der Waals surface area contributed by atoms with Crippen molar-refractivity contribution in [1.82, 2.24) is 10.2 Å². The summed E-state index contributed by atoms with van der Waals surface area (Å²) in [5.74, 6) is -0.200. The molecule has 2 amide bonds. The number of hydrogen-bond donors (Lipinski definition) is 1. The van der Waals surface area contributed by atoms with Crippen LogP contribution in [-0.2, 0) is 26.2 Å². The topological polar surface area (TPSA) is 105 Å². The second-order valence-corrected chi connectivity index (χ2v) is 12.9. The monoisotopic (exact) mass is 615 g/mol. The Bertz CT molecular complexity index is 1490. The number of methoxy groups -OCH3 is 2. The summed E-state index contributed by atoms with van der Waals surface area (Å²) in [6.45, 7) is 6.75. The van der Waals surface area contributed by atoms with Gasteiger partial charge in [0.05, 0.1) is 24.8 Å². The zero-order chi connectivity index (χ0) is 31.1. The molecule has 3 aromatic rings. The molecule has 0 aliphatic carbocycles. The highest BCUT2D eigenvalue weighted by atomic mass is 35.5. The Morgan fingerprint density at radius 1 is 0.929 bits per heavy atom. The van der Waals surface area contributed by atoms with E-state index in [0.29, 0.717) is 16.3 Å². The molecule has 0 radical (unpaired) electrons. The highest BCUT2D eigenvalue weighted by molar-refractivity contribution is 7.92. The molecule has 0 aliphatic heterocycles. The maximum atomic E-state index is 14.2. The van der Waals surface area contributed by atoms with Gasteiger partial charge in [0, 0.05) is 17.1 Å². The Kier molecular flexibility index (Phi) is 10.9. The summed E-state index contributed by atoms with van der Waals surface area (Å²) in [7, 11) is -1.37. The zero-order valence-corrected chi connectivity index (χ0v) is 26.3. The molecule has 42 heavy (non-hydrogen) atoms. The number of carbonyl (C=O) groups is 2. The van der Waals surface area contributed by atoms with Crippen LogP contribution in [0.3, 0.4) is 0 Å². The number of rotatable bonds is 12. The number of ether oxygens (including phenoxy) is 2. The highest BCUT2D eigenvalue weighted by Crippen LogP contribution is 2.33. The predicted octanol–water partition coefficient (Wildman–Crippen LogP) is 5.27. The van der Waals surface area contributed by atoms with Crippen molar-refractivity contribution in [2.24, 2.45) is 0 Å². The second kappa shape index (κ2) is 13.9. The summed E-state index contributed by atoms with van der Waals surface area (Å²) >= 11 is 6.45. The van der Waals surface area contributed by atoms with Crippen molar-refractivity contribution in [1.29, 1.82) is 0 Å². The van der Waals surface area contributed by atoms with Crippen LogP contribution in [0.5, 0.6) is 11.5 Å². The number of hydrogen-bond acceptors (Lipinski definition) is 6. The summed E-state index contributed by atoms with van der Waals surface area (Å²) in [5.41, 5.74) is 0.246. The smallest absolute Gasteiger partial charge is 0.264 e. The van der Waals surface area contributed by atoms with E-state index in [9.17, 15) is 18.0 Å². The molecule has 0 heterocycles. The summed E-state index contributed by atoms with van der Waals surface area (Å²) in [6, 6.07) is 18.6. The van der Waals surface area contributed by atoms with Crippen molar-refractivity contribution in [2.75, 3.05) is 25.1 Å². The first-order valence-corrected chi connectivity index (χ1v) is 15.3. The quantitative estimate of drug-likeness (QED) is 0.297. The van der Waals surface area contributed by atoms with Crippen molar-refractivity contribution >= 4 is 39.1 Å². The van der Waals surface area contributed by atoms with Crippen molar-refractivity contribution in [3.05, 3.63) is 83.4 Å². The van der Waals surface area contributed by atoms with Gasteiger partial charge < -0.3 is 19.7 Å². The van der Waals surface area contributed by atoms with Crippen LogP contribution in [0.25, 0.3) is 0 Å². The molecule has 0 bridgehead atoms. The molecule has 0 aliphatic rings. The summed E-state index contributed by atoms with van der Waals surface area (Å²) in [4.78, 5) is 29.0. The first kappa shape index (κ1) is 32.8. The average molecular weight is 616 g/mol. The molecule has 226 valence electrons. The van der Waals surface area contributed by atoms with E-state index in [4.69, 9.17) is 21.1 Å². The van der Waals surface area contributed by atoms with Crippen LogP contribution >= 0.6 is 11.6 Å². The minimum Gasteiger partial charge on any atom is -0.497 e. The Balaban J connectivity index is 2.12. The molecule has 9 nitrogen and oxygen atoms in total. The van der Waals surface area contributed by atoms with Crippen LogP contribution in [0.4, 0.5) is 5.69 Å². The number of anilines is 1. The lowest BCUT2D eigenvalue weighted by molar-refractivity contribution is -0.141. The van der Waals surface area contributed by atoms with E-state index < -0.39 is 34.1 Å². The zero-order valence-electron chi connectivity index (χ0n) is 24.8. The summed E-state index contributed by atoms with van der Waals surface area (Å²) < 4.78 is 39.8. The molecule has 1 N–H and O–H groups in total. The molecule has 3 rings (SSSR count). The Morgan fingerprint density at radius 2 is 1.55 bits per heavy atom. The largest absolute Gasteiger partial charge is 0.497 e. The van der Waals surface area contributed by atoms with Gasteiger partial charge in [-0.2, -0.15) is 0 Å². The normalized spacial score (nSPS) is 12.3. The average Bonchev–Trinajstić information content (AvgIpc) is 2.95. The van der Waals surface area contributed by atoms with Gasteiger partial charge in [-0.05, 0) is 75.2 Å². The number of benzene rings is 3. The molecule has 3 aromatic carbocycles. The highest BCUT2D eigenvalue weighted by Gasteiger charge is 2.35.